The van der Waals surface area contributed by atoms with Gasteiger partial charge in [0.1, 0.15) is 0 Å². The second-order valence-electron chi connectivity index (χ2n) is 5.81. The Bertz CT molecular complexity index is 522. The van der Waals surface area contributed by atoms with Gasteiger partial charge in [-0.1, -0.05) is 13.0 Å². The number of piperidine rings is 1. The summed E-state index contributed by atoms with van der Waals surface area (Å²) in [6.07, 6.45) is 2.66. The number of rotatable bonds is 5. The van der Waals surface area contributed by atoms with Crippen LogP contribution in [-0.2, 0) is 9.53 Å². The highest BCUT2D eigenvalue weighted by atomic mass is 16.5. The molecule has 1 saturated heterocycles. The molecule has 0 aromatic heterocycles. The monoisotopic (exact) mass is 304 g/mol. The van der Waals surface area contributed by atoms with Crippen molar-refractivity contribution in [2.75, 3.05) is 32.1 Å². The van der Waals surface area contributed by atoms with E-state index in [0.29, 0.717) is 18.5 Å². The number of carbonyl (C=O) groups is 2. The third-order valence-electron chi connectivity index (χ3n) is 4.09. The van der Waals surface area contributed by atoms with E-state index in [0.717, 1.165) is 37.5 Å². The summed E-state index contributed by atoms with van der Waals surface area (Å²) in [6.45, 7) is 4.54. The molecule has 0 atom stereocenters. The molecule has 1 N–H and O–H groups in total. The van der Waals surface area contributed by atoms with Gasteiger partial charge in [0.15, 0.2) is 0 Å². The van der Waals surface area contributed by atoms with Crippen molar-refractivity contribution in [3.05, 3.63) is 29.8 Å². The minimum Gasteiger partial charge on any atom is -0.465 e. The molecule has 0 aliphatic carbocycles. The summed E-state index contributed by atoms with van der Waals surface area (Å²) in [5.74, 6) is 0.564. The highest BCUT2D eigenvalue weighted by molar-refractivity contribution is 5.90. The number of likely N-dealkylation sites (tertiary alicyclic amines) is 1. The van der Waals surface area contributed by atoms with Crippen molar-refractivity contribution in [3.8, 4) is 0 Å². The Hall–Kier alpha value is -2.04. The van der Waals surface area contributed by atoms with Crippen LogP contribution in [0.2, 0.25) is 0 Å². The van der Waals surface area contributed by atoms with E-state index in [1.54, 1.807) is 18.2 Å². The first-order chi connectivity index (χ1) is 10.6. The van der Waals surface area contributed by atoms with E-state index >= 15 is 0 Å². The third kappa shape index (κ3) is 4.48. The lowest BCUT2D eigenvalue weighted by molar-refractivity contribution is -0.132. The first-order valence-electron chi connectivity index (χ1n) is 7.80. The van der Waals surface area contributed by atoms with E-state index < -0.39 is 0 Å². The highest BCUT2D eigenvalue weighted by Crippen LogP contribution is 2.17. The molecule has 0 saturated carbocycles. The average molecular weight is 304 g/mol. The fourth-order valence-corrected chi connectivity index (χ4v) is 2.60. The predicted octanol–water partition coefficient (Wildman–Crippen LogP) is 2.53. The van der Waals surface area contributed by atoms with Crippen LogP contribution in [0.4, 0.5) is 5.69 Å². The van der Waals surface area contributed by atoms with Gasteiger partial charge in [0.2, 0.25) is 5.91 Å². The summed E-state index contributed by atoms with van der Waals surface area (Å²) < 4.78 is 4.69. The average Bonchev–Trinajstić information content (AvgIpc) is 2.55. The predicted molar refractivity (Wildman–Crippen MR) is 85.9 cm³/mol. The maximum atomic E-state index is 12.1. The molecule has 5 nitrogen and oxygen atoms in total. The molecule has 1 aromatic rings. The molecule has 1 heterocycles. The van der Waals surface area contributed by atoms with Gasteiger partial charge in [-0.05, 0) is 37.0 Å². The third-order valence-corrected chi connectivity index (χ3v) is 4.09. The van der Waals surface area contributed by atoms with Crippen LogP contribution < -0.4 is 5.32 Å². The summed E-state index contributed by atoms with van der Waals surface area (Å²) in [6, 6.07) is 7.11. The summed E-state index contributed by atoms with van der Waals surface area (Å²) in [4.78, 5) is 25.5. The Morgan fingerprint density at radius 3 is 2.73 bits per heavy atom. The van der Waals surface area contributed by atoms with Crippen molar-refractivity contribution >= 4 is 17.6 Å². The molecule has 1 fully saturated rings. The number of anilines is 1. The summed E-state index contributed by atoms with van der Waals surface area (Å²) in [5.41, 5.74) is 1.33. The Labute approximate surface area is 131 Å². The number of nitrogens with one attached hydrogen (secondary N) is 1. The largest absolute Gasteiger partial charge is 0.465 e. The number of methoxy groups -OCH3 is 1. The minimum absolute atomic E-state index is 0.198. The Balaban J connectivity index is 1.78. The van der Waals surface area contributed by atoms with Crippen molar-refractivity contribution in [1.29, 1.82) is 0 Å². The lowest BCUT2D eigenvalue weighted by Gasteiger charge is -2.30. The van der Waals surface area contributed by atoms with Crippen molar-refractivity contribution in [3.63, 3.8) is 0 Å². The maximum absolute atomic E-state index is 12.1. The SMILES string of the molecule is COC(=O)c1cccc(NCCC(=O)N2CCC(C)CC2)c1. The number of hydrogen-bond acceptors (Lipinski definition) is 4. The molecular formula is C17H24N2O3. The molecule has 0 spiro atoms. The van der Waals surface area contributed by atoms with Crippen LogP contribution in [0.15, 0.2) is 24.3 Å². The second-order valence-corrected chi connectivity index (χ2v) is 5.81. The Kier molecular flexibility index (Phi) is 5.81. The van der Waals surface area contributed by atoms with Crippen LogP contribution >= 0.6 is 0 Å². The molecule has 0 bridgehead atoms. The summed E-state index contributed by atoms with van der Waals surface area (Å²) in [7, 11) is 1.36. The van der Waals surface area contributed by atoms with Crippen molar-refractivity contribution < 1.29 is 14.3 Å². The van der Waals surface area contributed by atoms with Crippen LogP contribution in [0, 0.1) is 5.92 Å². The van der Waals surface area contributed by atoms with E-state index in [4.69, 9.17) is 4.74 Å². The van der Waals surface area contributed by atoms with Gasteiger partial charge in [0, 0.05) is 31.7 Å². The van der Waals surface area contributed by atoms with Gasteiger partial charge in [0.25, 0.3) is 0 Å². The van der Waals surface area contributed by atoms with Crippen molar-refractivity contribution in [2.24, 2.45) is 5.92 Å². The number of hydrogen-bond donors (Lipinski definition) is 1. The molecule has 22 heavy (non-hydrogen) atoms. The Morgan fingerprint density at radius 1 is 1.32 bits per heavy atom. The number of nitrogens with zero attached hydrogens (tertiary/aromatic N) is 1. The lowest BCUT2D eigenvalue weighted by atomic mass is 9.99. The number of carbonyl (C=O) groups excluding carboxylic acids is 2. The number of benzene rings is 1. The quantitative estimate of drug-likeness (QED) is 0.849. The topological polar surface area (TPSA) is 58.6 Å². The maximum Gasteiger partial charge on any atom is 0.337 e. The van der Waals surface area contributed by atoms with Crippen molar-refractivity contribution in [1.82, 2.24) is 4.90 Å². The second kappa shape index (κ2) is 7.82. The van der Waals surface area contributed by atoms with Gasteiger partial charge in [-0.3, -0.25) is 4.79 Å². The van der Waals surface area contributed by atoms with Crippen LogP contribution in [-0.4, -0.2) is 43.5 Å². The van der Waals surface area contributed by atoms with Gasteiger partial charge in [-0.2, -0.15) is 0 Å². The lowest BCUT2D eigenvalue weighted by Crippen LogP contribution is -2.38. The van der Waals surface area contributed by atoms with Gasteiger partial charge in [-0.25, -0.2) is 4.79 Å². The zero-order valence-electron chi connectivity index (χ0n) is 13.3. The normalized spacial score (nSPS) is 15.5. The van der Waals surface area contributed by atoms with Crippen LogP contribution in [0.5, 0.6) is 0 Å². The van der Waals surface area contributed by atoms with Crippen LogP contribution in [0.3, 0.4) is 0 Å². The van der Waals surface area contributed by atoms with E-state index in [-0.39, 0.29) is 11.9 Å². The van der Waals surface area contributed by atoms with Crippen molar-refractivity contribution in [2.45, 2.75) is 26.2 Å². The fourth-order valence-electron chi connectivity index (χ4n) is 2.60. The summed E-state index contributed by atoms with van der Waals surface area (Å²) in [5, 5.41) is 3.19. The molecule has 1 amide bonds. The molecule has 120 valence electrons. The van der Waals surface area contributed by atoms with E-state index in [9.17, 15) is 9.59 Å². The molecule has 1 aromatic carbocycles. The molecule has 0 unspecified atom stereocenters. The number of esters is 1. The first kappa shape index (κ1) is 16.3. The van der Waals surface area contributed by atoms with E-state index in [2.05, 4.69) is 12.2 Å². The molecule has 5 heteroatoms. The van der Waals surface area contributed by atoms with Gasteiger partial charge < -0.3 is 15.0 Å². The van der Waals surface area contributed by atoms with Gasteiger partial charge in [-0.15, -0.1) is 0 Å². The zero-order valence-corrected chi connectivity index (χ0v) is 13.3. The van der Waals surface area contributed by atoms with Gasteiger partial charge in [0.05, 0.1) is 12.7 Å². The zero-order chi connectivity index (χ0) is 15.9. The van der Waals surface area contributed by atoms with Crippen LogP contribution in [0.25, 0.3) is 0 Å². The van der Waals surface area contributed by atoms with E-state index in [1.807, 2.05) is 11.0 Å². The fraction of sp³-hybridized carbons (Fsp3) is 0.529. The Morgan fingerprint density at radius 2 is 2.05 bits per heavy atom. The number of ether oxygens (including phenoxy) is 1. The first-order valence-corrected chi connectivity index (χ1v) is 7.80. The smallest absolute Gasteiger partial charge is 0.337 e. The minimum atomic E-state index is -0.359. The molecule has 1 aliphatic rings. The van der Waals surface area contributed by atoms with E-state index in [1.165, 1.54) is 7.11 Å². The van der Waals surface area contributed by atoms with Gasteiger partial charge >= 0.3 is 5.97 Å². The number of amides is 1. The van der Waals surface area contributed by atoms with Crippen LogP contribution in [0.1, 0.15) is 36.5 Å². The highest BCUT2D eigenvalue weighted by Gasteiger charge is 2.19. The summed E-state index contributed by atoms with van der Waals surface area (Å²) >= 11 is 0. The molecule has 2 rings (SSSR count). The molecule has 1 aliphatic heterocycles. The molecule has 0 radical (unpaired) electrons. The standard InChI is InChI=1S/C17H24N2O3/c1-13-7-10-19(11-8-13)16(20)6-9-18-15-5-3-4-14(12-15)17(21)22-2/h3-5,12-13,18H,6-11H2,1-2H3. The molecular weight excluding hydrogens is 280 g/mol.